The first-order valence-electron chi connectivity index (χ1n) is 6.00. The molecule has 7 nitrogen and oxygen atoms in total. The molecule has 2 amide bonds. The minimum atomic E-state index is -1.42. The monoisotopic (exact) mass is 292 g/mol. The van der Waals surface area contributed by atoms with Gasteiger partial charge in [-0.3, -0.25) is 4.79 Å². The van der Waals surface area contributed by atoms with Gasteiger partial charge >= 0.3 is 0 Å². The van der Waals surface area contributed by atoms with Crippen molar-refractivity contribution in [3.63, 3.8) is 0 Å². The Morgan fingerprint density at radius 1 is 1.19 bits per heavy atom. The number of halogens is 1. The first-order valence-corrected chi connectivity index (χ1v) is 6.00. The van der Waals surface area contributed by atoms with Crippen molar-refractivity contribution in [2.75, 3.05) is 13.1 Å². The highest BCUT2D eigenvalue weighted by Crippen LogP contribution is 2.23. The molecule has 0 saturated heterocycles. The Kier molecular flexibility index (Phi) is 4.50. The molecular weight excluding hydrogens is 281 g/mol. The molecule has 0 saturated carbocycles. The van der Waals surface area contributed by atoms with Crippen LogP contribution < -0.4 is 15.7 Å². The van der Waals surface area contributed by atoms with E-state index < -0.39 is 17.8 Å². The molecule has 1 aromatic carbocycles. The third-order valence-electron chi connectivity index (χ3n) is 2.57. The third kappa shape index (κ3) is 3.78. The summed E-state index contributed by atoms with van der Waals surface area (Å²) in [6.07, 6.45) is -0.315. The second kappa shape index (κ2) is 6.51. The maximum Gasteiger partial charge on any atom is 0.273 e. The van der Waals surface area contributed by atoms with E-state index in [0.29, 0.717) is 5.56 Å². The zero-order valence-electron chi connectivity index (χ0n) is 10.8. The van der Waals surface area contributed by atoms with Crippen LogP contribution in [0.4, 0.5) is 9.18 Å². The molecule has 2 aromatic rings. The fraction of sp³-hybridized carbons (Fsp3) is 0.154. The topological polar surface area (TPSA) is 107 Å². The minimum absolute atomic E-state index is 0.0117. The van der Waals surface area contributed by atoms with Crippen LogP contribution in [0.5, 0.6) is 0 Å². The molecule has 1 heterocycles. The summed E-state index contributed by atoms with van der Waals surface area (Å²) in [6.45, 7) is 0.0837. The normalized spacial score (nSPS) is 10.1. The SMILES string of the molecule is O=C([O-])NCCNC(=O)c1ncoc1-c1ccc(F)cc1. The van der Waals surface area contributed by atoms with Crippen molar-refractivity contribution in [1.29, 1.82) is 0 Å². The van der Waals surface area contributed by atoms with E-state index in [2.05, 4.69) is 10.3 Å². The molecule has 0 radical (unpaired) electrons. The lowest BCUT2D eigenvalue weighted by molar-refractivity contribution is -0.250. The summed E-state index contributed by atoms with van der Waals surface area (Å²) in [4.78, 5) is 25.9. The number of nitrogens with one attached hydrogen (secondary N) is 2. The third-order valence-corrected chi connectivity index (χ3v) is 2.57. The largest absolute Gasteiger partial charge is 0.530 e. The molecule has 21 heavy (non-hydrogen) atoms. The van der Waals surface area contributed by atoms with E-state index in [-0.39, 0.29) is 24.5 Å². The van der Waals surface area contributed by atoms with Crippen LogP contribution in [0.1, 0.15) is 10.5 Å². The van der Waals surface area contributed by atoms with E-state index in [1.807, 2.05) is 5.32 Å². The Bertz CT molecular complexity index is 639. The summed E-state index contributed by atoms with van der Waals surface area (Å²) in [5.41, 5.74) is 0.543. The fourth-order valence-corrected chi connectivity index (χ4v) is 1.64. The van der Waals surface area contributed by atoms with E-state index in [1.54, 1.807) is 0 Å². The van der Waals surface area contributed by atoms with Crippen molar-refractivity contribution in [3.05, 3.63) is 42.2 Å². The summed E-state index contributed by atoms with van der Waals surface area (Å²) in [7, 11) is 0. The summed E-state index contributed by atoms with van der Waals surface area (Å²) in [5, 5.41) is 14.6. The second-order valence-electron chi connectivity index (χ2n) is 4.01. The van der Waals surface area contributed by atoms with Gasteiger partial charge in [0.1, 0.15) is 11.9 Å². The number of carbonyl (C=O) groups excluding carboxylic acids is 2. The van der Waals surface area contributed by atoms with Crippen LogP contribution in [0.2, 0.25) is 0 Å². The van der Waals surface area contributed by atoms with Gasteiger partial charge in [-0.1, -0.05) is 0 Å². The molecule has 0 unspecified atom stereocenters. The molecule has 0 aliphatic carbocycles. The molecule has 0 atom stereocenters. The van der Waals surface area contributed by atoms with Gasteiger partial charge in [0.05, 0.1) is 0 Å². The molecule has 2 rings (SSSR count). The lowest BCUT2D eigenvalue weighted by Gasteiger charge is -2.07. The summed E-state index contributed by atoms with van der Waals surface area (Å²) in [5.74, 6) is -0.721. The molecule has 8 heteroatoms. The van der Waals surface area contributed by atoms with Gasteiger partial charge in [-0.05, 0) is 24.3 Å². The van der Waals surface area contributed by atoms with Gasteiger partial charge in [0, 0.05) is 18.7 Å². The van der Waals surface area contributed by atoms with Crippen molar-refractivity contribution in [2.45, 2.75) is 0 Å². The van der Waals surface area contributed by atoms with Crippen LogP contribution in [0.3, 0.4) is 0 Å². The molecule has 0 fully saturated rings. The number of carboxylic acid groups (broad SMARTS) is 1. The average Bonchev–Trinajstić information content (AvgIpc) is 2.93. The second-order valence-corrected chi connectivity index (χ2v) is 4.01. The molecule has 0 spiro atoms. The van der Waals surface area contributed by atoms with E-state index in [4.69, 9.17) is 4.42 Å². The number of carbonyl (C=O) groups is 2. The number of aromatic nitrogens is 1. The maximum absolute atomic E-state index is 12.9. The Morgan fingerprint density at radius 2 is 1.86 bits per heavy atom. The number of benzene rings is 1. The molecule has 1 aromatic heterocycles. The number of hydrogen-bond donors (Lipinski definition) is 2. The van der Waals surface area contributed by atoms with Gasteiger partial charge in [0.2, 0.25) is 0 Å². The van der Waals surface area contributed by atoms with Crippen LogP contribution in [0.25, 0.3) is 11.3 Å². The van der Waals surface area contributed by atoms with Gasteiger partial charge in [-0.2, -0.15) is 0 Å². The zero-order chi connectivity index (χ0) is 15.2. The van der Waals surface area contributed by atoms with Gasteiger partial charge in [0.15, 0.2) is 17.8 Å². The summed E-state index contributed by atoms with van der Waals surface area (Å²) < 4.78 is 18.0. The standard InChI is InChI=1S/C13H12FN3O4/c14-9-3-1-8(2-4-9)11-10(17-7-21-11)12(18)15-5-6-16-13(19)20/h1-4,7,16H,5-6H2,(H,15,18)(H,19,20)/p-1. The first kappa shape index (κ1) is 14.5. The number of nitrogens with zero attached hydrogens (tertiary/aromatic N) is 1. The number of rotatable bonds is 5. The van der Waals surface area contributed by atoms with Gasteiger partial charge in [-0.15, -0.1) is 0 Å². The van der Waals surface area contributed by atoms with E-state index in [0.717, 1.165) is 6.39 Å². The van der Waals surface area contributed by atoms with Gasteiger partial charge in [0.25, 0.3) is 5.91 Å². The molecule has 2 N–H and O–H groups in total. The first-order chi connectivity index (χ1) is 10.1. The Morgan fingerprint density at radius 3 is 2.52 bits per heavy atom. The van der Waals surface area contributed by atoms with Crippen LogP contribution >= 0.6 is 0 Å². The van der Waals surface area contributed by atoms with Crippen LogP contribution in [0.15, 0.2) is 35.1 Å². The number of amides is 2. The van der Waals surface area contributed by atoms with Crippen molar-refractivity contribution in [3.8, 4) is 11.3 Å². The smallest absolute Gasteiger partial charge is 0.273 e. The van der Waals surface area contributed by atoms with Crippen LogP contribution in [0, 0.1) is 5.82 Å². The summed E-state index contributed by atoms with van der Waals surface area (Å²) >= 11 is 0. The van der Waals surface area contributed by atoms with Crippen LogP contribution in [-0.4, -0.2) is 30.1 Å². The van der Waals surface area contributed by atoms with Crippen LogP contribution in [-0.2, 0) is 0 Å². The highest BCUT2D eigenvalue weighted by molar-refractivity contribution is 5.97. The highest BCUT2D eigenvalue weighted by Gasteiger charge is 2.17. The molecule has 110 valence electrons. The lowest BCUT2D eigenvalue weighted by atomic mass is 10.1. The highest BCUT2D eigenvalue weighted by atomic mass is 19.1. The molecule has 0 bridgehead atoms. The number of oxazole rings is 1. The van der Waals surface area contributed by atoms with Crippen molar-refractivity contribution in [2.24, 2.45) is 0 Å². The average molecular weight is 292 g/mol. The predicted octanol–water partition coefficient (Wildman–Crippen LogP) is 0.143. The lowest BCUT2D eigenvalue weighted by Crippen LogP contribution is -2.41. The number of hydrogen-bond acceptors (Lipinski definition) is 5. The quantitative estimate of drug-likeness (QED) is 0.762. The minimum Gasteiger partial charge on any atom is -0.530 e. The van der Waals surface area contributed by atoms with E-state index >= 15 is 0 Å². The van der Waals surface area contributed by atoms with Crippen molar-refractivity contribution in [1.82, 2.24) is 15.6 Å². The van der Waals surface area contributed by atoms with Crippen molar-refractivity contribution < 1.29 is 23.5 Å². The Labute approximate surface area is 118 Å². The molecule has 0 aliphatic rings. The summed E-state index contributed by atoms with van der Waals surface area (Å²) in [6, 6.07) is 5.40. The van der Waals surface area contributed by atoms with Gasteiger partial charge < -0.3 is 25.0 Å². The van der Waals surface area contributed by atoms with E-state index in [9.17, 15) is 19.1 Å². The molecule has 0 aliphatic heterocycles. The van der Waals surface area contributed by atoms with Crippen molar-refractivity contribution >= 4 is 12.0 Å². The fourth-order valence-electron chi connectivity index (χ4n) is 1.64. The Balaban J connectivity index is 2.04. The maximum atomic E-state index is 12.9. The van der Waals surface area contributed by atoms with E-state index in [1.165, 1.54) is 24.3 Å². The predicted molar refractivity (Wildman–Crippen MR) is 67.6 cm³/mol. The molecular formula is C13H11FN3O4-. The Hall–Kier alpha value is -2.90. The zero-order valence-corrected chi connectivity index (χ0v) is 10.8. The van der Waals surface area contributed by atoms with Gasteiger partial charge in [-0.25, -0.2) is 9.37 Å².